The fourth-order valence-corrected chi connectivity index (χ4v) is 2.78. The van der Waals surface area contributed by atoms with Gasteiger partial charge in [-0.1, -0.05) is 37.1 Å². The molecule has 0 bridgehead atoms. The number of fused-ring (bicyclic) bond motifs is 1. The van der Waals surface area contributed by atoms with Crippen LogP contribution in [-0.2, 0) is 4.79 Å². The minimum absolute atomic E-state index is 0.0433. The normalized spacial score (nSPS) is 14.2. The highest BCUT2D eigenvalue weighted by atomic mass is 16.4. The molecular formula is C18H20O4. The van der Waals surface area contributed by atoms with Gasteiger partial charge in [-0.2, -0.15) is 0 Å². The van der Waals surface area contributed by atoms with Crippen LogP contribution in [0.4, 0.5) is 0 Å². The second kappa shape index (κ2) is 7.16. The summed E-state index contributed by atoms with van der Waals surface area (Å²) in [7, 11) is 0. The maximum atomic E-state index is 12.5. The van der Waals surface area contributed by atoms with E-state index in [0.717, 1.165) is 19.3 Å². The van der Waals surface area contributed by atoms with Crippen molar-refractivity contribution in [2.45, 2.75) is 45.4 Å². The second-order valence-electron chi connectivity index (χ2n) is 5.62. The van der Waals surface area contributed by atoms with Gasteiger partial charge in [-0.25, -0.2) is 0 Å². The van der Waals surface area contributed by atoms with Crippen LogP contribution in [0.2, 0.25) is 0 Å². The Labute approximate surface area is 129 Å². The van der Waals surface area contributed by atoms with Gasteiger partial charge in [-0.15, -0.1) is 0 Å². The zero-order chi connectivity index (χ0) is 16.1. The molecule has 0 radical (unpaired) electrons. The number of hydrogen-bond acceptors (Lipinski definition) is 3. The quantitative estimate of drug-likeness (QED) is 0.777. The average molecular weight is 300 g/mol. The number of hydrogen-bond donors (Lipinski definition) is 1. The number of aliphatic carboxylic acids is 1. The van der Waals surface area contributed by atoms with Crippen LogP contribution in [0, 0.1) is 0 Å². The maximum Gasteiger partial charge on any atom is 0.303 e. The van der Waals surface area contributed by atoms with Crippen molar-refractivity contribution in [1.82, 2.24) is 0 Å². The van der Waals surface area contributed by atoms with Crippen molar-refractivity contribution < 1.29 is 19.5 Å². The van der Waals surface area contributed by atoms with Crippen LogP contribution in [0.15, 0.2) is 35.4 Å². The SMILES string of the molecule is CC1=C(CCCCCCC(=O)O)C(=O)c2ccccc2C1=O. The van der Waals surface area contributed by atoms with Gasteiger partial charge in [0.05, 0.1) is 0 Å². The minimum Gasteiger partial charge on any atom is -0.481 e. The molecule has 0 atom stereocenters. The van der Waals surface area contributed by atoms with Gasteiger partial charge in [0.25, 0.3) is 0 Å². The van der Waals surface area contributed by atoms with E-state index < -0.39 is 5.97 Å². The zero-order valence-electron chi connectivity index (χ0n) is 12.7. The van der Waals surface area contributed by atoms with E-state index >= 15 is 0 Å². The van der Waals surface area contributed by atoms with Crippen molar-refractivity contribution in [3.8, 4) is 0 Å². The Morgan fingerprint density at radius 3 is 2.18 bits per heavy atom. The summed E-state index contributed by atoms with van der Waals surface area (Å²) in [5.74, 6) is -0.877. The lowest BCUT2D eigenvalue weighted by Gasteiger charge is -2.18. The van der Waals surface area contributed by atoms with Crippen LogP contribution < -0.4 is 0 Å². The molecule has 0 fully saturated rings. The van der Waals surface area contributed by atoms with E-state index in [1.165, 1.54) is 0 Å². The standard InChI is InChI=1S/C18H20O4/c1-12-13(8-4-2-3-5-11-16(19)20)18(22)15-10-7-6-9-14(15)17(12)21/h6-7,9-10H,2-5,8,11H2,1H3,(H,19,20). The van der Waals surface area contributed by atoms with Crippen molar-refractivity contribution in [2.24, 2.45) is 0 Å². The Morgan fingerprint density at radius 1 is 0.955 bits per heavy atom. The van der Waals surface area contributed by atoms with E-state index in [1.54, 1.807) is 31.2 Å². The summed E-state index contributed by atoms with van der Waals surface area (Å²) in [5, 5.41) is 8.58. The Kier molecular flexibility index (Phi) is 5.26. The molecule has 1 aliphatic carbocycles. The number of benzene rings is 1. The molecule has 0 amide bonds. The highest BCUT2D eigenvalue weighted by molar-refractivity contribution is 6.26. The topological polar surface area (TPSA) is 71.4 Å². The smallest absolute Gasteiger partial charge is 0.303 e. The number of carbonyl (C=O) groups is 3. The summed E-state index contributed by atoms with van der Waals surface area (Å²) in [6.45, 7) is 1.72. The predicted octanol–water partition coefficient (Wildman–Crippen LogP) is 3.81. The first-order valence-corrected chi connectivity index (χ1v) is 7.62. The lowest BCUT2D eigenvalue weighted by molar-refractivity contribution is -0.137. The summed E-state index contributed by atoms with van der Waals surface area (Å²) in [4.78, 5) is 35.2. The lowest BCUT2D eigenvalue weighted by atomic mass is 9.82. The first kappa shape index (κ1) is 16.1. The van der Waals surface area contributed by atoms with E-state index in [9.17, 15) is 14.4 Å². The van der Waals surface area contributed by atoms with Crippen LogP contribution in [0.25, 0.3) is 0 Å². The van der Waals surface area contributed by atoms with E-state index in [2.05, 4.69) is 0 Å². The van der Waals surface area contributed by atoms with Crippen LogP contribution in [-0.4, -0.2) is 22.6 Å². The fourth-order valence-electron chi connectivity index (χ4n) is 2.78. The summed E-state index contributed by atoms with van der Waals surface area (Å²) >= 11 is 0. The molecule has 0 saturated heterocycles. The third-order valence-corrected chi connectivity index (χ3v) is 4.05. The Bertz CT molecular complexity index is 640. The summed E-state index contributed by atoms with van der Waals surface area (Å²) in [5.41, 5.74) is 2.16. The number of allylic oxidation sites excluding steroid dienone is 2. The van der Waals surface area contributed by atoms with Crippen LogP contribution >= 0.6 is 0 Å². The molecule has 0 aromatic heterocycles. The van der Waals surface area contributed by atoms with Crippen LogP contribution in [0.3, 0.4) is 0 Å². The maximum absolute atomic E-state index is 12.5. The molecule has 0 saturated carbocycles. The molecular weight excluding hydrogens is 280 g/mol. The van der Waals surface area contributed by atoms with E-state index in [1.807, 2.05) is 0 Å². The molecule has 1 aliphatic rings. The molecule has 1 aromatic rings. The minimum atomic E-state index is -0.775. The van der Waals surface area contributed by atoms with Gasteiger partial charge in [0.1, 0.15) is 0 Å². The Balaban J connectivity index is 1.96. The predicted molar refractivity (Wildman–Crippen MR) is 83.1 cm³/mol. The summed E-state index contributed by atoms with van der Waals surface area (Å²) < 4.78 is 0. The average Bonchev–Trinajstić information content (AvgIpc) is 2.51. The van der Waals surface area contributed by atoms with Crippen LogP contribution in [0.1, 0.15) is 66.2 Å². The molecule has 116 valence electrons. The Hall–Kier alpha value is -2.23. The van der Waals surface area contributed by atoms with E-state index in [0.29, 0.717) is 35.1 Å². The Morgan fingerprint density at radius 2 is 1.55 bits per heavy atom. The van der Waals surface area contributed by atoms with Gasteiger partial charge in [0.15, 0.2) is 11.6 Å². The van der Waals surface area contributed by atoms with Crippen molar-refractivity contribution >= 4 is 17.5 Å². The molecule has 22 heavy (non-hydrogen) atoms. The van der Waals surface area contributed by atoms with E-state index in [-0.39, 0.29) is 18.0 Å². The van der Waals surface area contributed by atoms with Gasteiger partial charge in [-0.05, 0) is 26.2 Å². The van der Waals surface area contributed by atoms with Crippen LogP contribution in [0.5, 0.6) is 0 Å². The van der Waals surface area contributed by atoms with Gasteiger partial charge in [0, 0.05) is 28.7 Å². The third-order valence-electron chi connectivity index (χ3n) is 4.05. The number of carbonyl (C=O) groups excluding carboxylic acids is 2. The fraction of sp³-hybridized carbons (Fsp3) is 0.389. The molecule has 1 aromatic carbocycles. The number of Topliss-reactive ketones (excluding diaryl/α,β-unsaturated/α-hetero) is 2. The monoisotopic (exact) mass is 300 g/mol. The number of carboxylic acid groups (broad SMARTS) is 1. The second-order valence-corrected chi connectivity index (χ2v) is 5.62. The highest BCUT2D eigenvalue weighted by Gasteiger charge is 2.28. The molecule has 4 heteroatoms. The zero-order valence-corrected chi connectivity index (χ0v) is 12.7. The molecule has 0 heterocycles. The first-order chi connectivity index (χ1) is 10.5. The first-order valence-electron chi connectivity index (χ1n) is 7.62. The molecule has 2 rings (SSSR count). The number of ketones is 2. The van der Waals surface area contributed by atoms with Crippen molar-refractivity contribution in [1.29, 1.82) is 0 Å². The number of unbranched alkanes of at least 4 members (excludes halogenated alkanes) is 3. The van der Waals surface area contributed by atoms with Gasteiger partial charge in [0.2, 0.25) is 0 Å². The molecule has 0 unspecified atom stereocenters. The number of carboxylic acids is 1. The van der Waals surface area contributed by atoms with Crippen molar-refractivity contribution in [3.05, 3.63) is 46.5 Å². The van der Waals surface area contributed by atoms with Gasteiger partial charge < -0.3 is 5.11 Å². The summed E-state index contributed by atoms with van der Waals surface area (Å²) in [6, 6.07) is 6.94. The molecule has 4 nitrogen and oxygen atoms in total. The van der Waals surface area contributed by atoms with Gasteiger partial charge >= 0.3 is 5.97 Å². The van der Waals surface area contributed by atoms with Crippen molar-refractivity contribution in [2.75, 3.05) is 0 Å². The molecule has 1 N–H and O–H groups in total. The van der Waals surface area contributed by atoms with Crippen molar-refractivity contribution in [3.63, 3.8) is 0 Å². The van der Waals surface area contributed by atoms with E-state index in [4.69, 9.17) is 5.11 Å². The number of rotatable bonds is 7. The largest absolute Gasteiger partial charge is 0.481 e. The third kappa shape index (κ3) is 3.50. The summed E-state index contributed by atoms with van der Waals surface area (Å²) in [6.07, 6.45) is 3.92. The molecule has 0 spiro atoms. The van der Waals surface area contributed by atoms with Gasteiger partial charge in [-0.3, -0.25) is 14.4 Å². The molecule has 0 aliphatic heterocycles. The lowest BCUT2D eigenvalue weighted by Crippen LogP contribution is -2.20. The highest BCUT2D eigenvalue weighted by Crippen LogP contribution is 2.29.